The maximum Gasteiger partial charge on any atom is 2.00 e. The predicted molar refractivity (Wildman–Crippen MR) is 188 cm³/mol. The summed E-state index contributed by atoms with van der Waals surface area (Å²) in [7, 11) is 0. The first kappa shape index (κ1) is 46.0. The van der Waals surface area contributed by atoms with Crippen LogP contribution in [0.3, 0.4) is 0 Å². The summed E-state index contributed by atoms with van der Waals surface area (Å²) >= 11 is 0. The minimum absolute atomic E-state index is 0. The molecule has 0 aliphatic rings. The van der Waals surface area contributed by atoms with E-state index in [1.54, 1.807) is 0 Å². The molecule has 0 heterocycles. The van der Waals surface area contributed by atoms with Crippen LogP contribution >= 0.6 is 0 Å². The summed E-state index contributed by atoms with van der Waals surface area (Å²) in [5.41, 5.74) is 0. The molecule has 0 amide bonds. The van der Waals surface area contributed by atoms with Crippen molar-refractivity contribution in [1.82, 2.24) is 0 Å². The third kappa shape index (κ3) is 50.6. The van der Waals surface area contributed by atoms with E-state index in [9.17, 15) is 0 Å². The molecule has 0 aromatic rings. The second-order valence-corrected chi connectivity index (χ2v) is 13.0. The number of hydrogen-bond acceptors (Lipinski definition) is 0. The van der Waals surface area contributed by atoms with Crippen molar-refractivity contribution in [2.45, 2.75) is 245 Å². The quantitative estimate of drug-likeness (QED) is 0.0378. The van der Waals surface area contributed by atoms with Gasteiger partial charge in [-0.1, -0.05) is 232 Å². The van der Waals surface area contributed by atoms with E-state index in [1.165, 1.54) is 218 Å². The van der Waals surface area contributed by atoms with E-state index in [4.69, 9.17) is 0 Å². The van der Waals surface area contributed by atoms with Crippen molar-refractivity contribution >= 4 is 0 Å². The molecule has 0 spiro atoms. The van der Waals surface area contributed by atoms with Crippen LogP contribution in [0, 0.1) is 13.8 Å². The van der Waals surface area contributed by atoms with Gasteiger partial charge in [-0.25, -0.2) is 0 Å². The zero-order valence-corrected chi connectivity index (χ0v) is 32.5. The molecule has 0 saturated carbocycles. The van der Waals surface area contributed by atoms with Gasteiger partial charge in [0.15, 0.2) is 0 Å². The Labute approximate surface area is 277 Å². The van der Waals surface area contributed by atoms with Crippen LogP contribution in [0.5, 0.6) is 0 Å². The van der Waals surface area contributed by atoms with Crippen molar-refractivity contribution in [2.75, 3.05) is 0 Å². The molecule has 0 fully saturated rings. The van der Waals surface area contributed by atoms with E-state index in [2.05, 4.69) is 27.7 Å². The number of unbranched alkanes of at least 4 members (excludes halogenated alkanes) is 34. The number of hydrogen-bond donors (Lipinski definition) is 0. The molecule has 0 aliphatic carbocycles. The predicted octanol–water partition coefficient (Wildman–Crippen LogP) is 15.7. The summed E-state index contributed by atoms with van der Waals surface area (Å²) in [6, 6.07) is 0. The first-order valence-corrected chi connectivity index (χ1v) is 19.4. The van der Waals surface area contributed by atoms with Gasteiger partial charge in [-0.15, -0.1) is 0 Å². The van der Waals surface area contributed by atoms with Crippen LogP contribution in [0.25, 0.3) is 0 Å². The second kappa shape index (κ2) is 47.6. The molecule has 244 valence electrons. The average Bonchev–Trinajstić information content (AvgIpc) is 2.97. The van der Waals surface area contributed by atoms with Gasteiger partial charge in [0.2, 0.25) is 0 Å². The van der Waals surface area contributed by atoms with Crippen molar-refractivity contribution in [3.05, 3.63) is 13.8 Å². The Kier molecular flexibility index (Phi) is 53.4. The van der Waals surface area contributed by atoms with Crippen LogP contribution in [-0.2, 0) is 19.5 Å². The third-order valence-corrected chi connectivity index (χ3v) is 8.71. The fourth-order valence-corrected chi connectivity index (χ4v) is 5.80. The Balaban J connectivity index is -0.000000688. The summed E-state index contributed by atoms with van der Waals surface area (Å²) in [6.45, 7) is 12.4. The summed E-state index contributed by atoms with van der Waals surface area (Å²) in [6.07, 6.45) is 51.6. The molecule has 0 bridgehead atoms. The average molecular weight is 628 g/mol. The van der Waals surface area contributed by atoms with Gasteiger partial charge in [0.1, 0.15) is 0 Å². The summed E-state index contributed by atoms with van der Waals surface area (Å²) in [5.74, 6) is 0. The van der Waals surface area contributed by atoms with Gasteiger partial charge in [0.05, 0.1) is 0 Å². The largest absolute Gasteiger partial charge is 2.00 e. The fraction of sp³-hybridized carbons (Fsp3) is 0.950. The third-order valence-electron chi connectivity index (χ3n) is 8.71. The fourth-order valence-electron chi connectivity index (χ4n) is 5.80. The molecule has 0 nitrogen and oxygen atoms in total. The van der Waals surface area contributed by atoms with Crippen molar-refractivity contribution in [1.29, 1.82) is 0 Å². The van der Waals surface area contributed by atoms with Gasteiger partial charge in [0, 0.05) is 0 Å². The number of rotatable bonds is 34. The molecule has 0 rings (SSSR count). The van der Waals surface area contributed by atoms with Crippen LogP contribution in [0.4, 0.5) is 0 Å². The normalized spacial score (nSPS) is 10.8. The molecule has 0 unspecified atom stereocenters. The minimum atomic E-state index is 0. The minimum Gasteiger partial charge on any atom is -0.343 e. The summed E-state index contributed by atoms with van der Waals surface area (Å²) in [4.78, 5) is 0. The Morgan fingerprint density at radius 2 is 0.341 bits per heavy atom. The van der Waals surface area contributed by atoms with E-state index >= 15 is 0 Å². The van der Waals surface area contributed by atoms with Crippen LogP contribution in [0.2, 0.25) is 0 Å². The molecule has 41 heavy (non-hydrogen) atoms. The standard InChI is InChI=1S/2C20H41.Zn/c2*1-3-5-7-9-11-13-15-17-19-20-18-16-14-12-10-8-6-4-2;/h2*1,3-20H2,2H3;/q2*-1;+2. The van der Waals surface area contributed by atoms with Crippen LogP contribution in [-0.4, -0.2) is 0 Å². The zero-order valence-electron chi connectivity index (χ0n) is 29.6. The smallest absolute Gasteiger partial charge is 0.343 e. The zero-order chi connectivity index (χ0) is 29.5. The van der Waals surface area contributed by atoms with E-state index < -0.39 is 0 Å². The van der Waals surface area contributed by atoms with E-state index in [0.29, 0.717) is 0 Å². The molecule has 1 heteroatoms. The Bertz CT molecular complexity index is 307. The van der Waals surface area contributed by atoms with Crippen molar-refractivity contribution in [2.24, 2.45) is 0 Å². The first-order chi connectivity index (χ1) is 19.8. The Hall–Kier alpha value is 0.623. The summed E-state index contributed by atoms with van der Waals surface area (Å²) < 4.78 is 0. The molecule has 0 aromatic carbocycles. The molecule has 0 atom stereocenters. The van der Waals surface area contributed by atoms with Crippen molar-refractivity contribution in [3.63, 3.8) is 0 Å². The van der Waals surface area contributed by atoms with E-state index in [1.807, 2.05) is 0 Å². The molecule has 0 aliphatic heterocycles. The van der Waals surface area contributed by atoms with Gasteiger partial charge < -0.3 is 13.8 Å². The SMILES string of the molecule is [CH2-]CCCCCCCCCCCCCCCCCCC.[CH2-]CCCCCCCCCCCCCCCCCCC.[Zn+2]. The van der Waals surface area contributed by atoms with Crippen molar-refractivity contribution in [3.8, 4) is 0 Å². The van der Waals surface area contributed by atoms with Crippen LogP contribution in [0.15, 0.2) is 0 Å². The molecular weight excluding hydrogens is 546 g/mol. The molecule has 0 saturated heterocycles. The van der Waals surface area contributed by atoms with Gasteiger partial charge in [-0.05, 0) is 0 Å². The topological polar surface area (TPSA) is 0 Å². The second-order valence-electron chi connectivity index (χ2n) is 13.0. The van der Waals surface area contributed by atoms with E-state index in [-0.39, 0.29) is 19.5 Å². The van der Waals surface area contributed by atoms with E-state index in [0.717, 1.165) is 12.8 Å². The van der Waals surface area contributed by atoms with Gasteiger partial charge in [0.25, 0.3) is 0 Å². The first-order valence-electron chi connectivity index (χ1n) is 19.4. The maximum atomic E-state index is 3.89. The Morgan fingerprint density at radius 1 is 0.220 bits per heavy atom. The summed E-state index contributed by atoms with van der Waals surface area (Å²) in [5, 5.41) is 0. The van der Waals surface area contributed by atoms with Gasteiger partial charge >= 0.3 is 19.5 Å². The van der Waals surface area contributed by atoms with Gasteiger partial charge in [-0.3, -0.25) is 0 Å². The monoisotopic (exact) mass is 627 g/mol. The Morgan fingerprint density at radius 3 is 0.463 bits per heavy atom. The molecule has 0 aromatic heterocycles. The van der Waals surface area contributed by atoms with Gasteiger partial charge in [-0.2, -0.15) is 12.8 Å². The molecule has 0 N–H and O–H groups in total. The van der Waals surface area contributed by atoms with Crippen LogP contribution < -0.4 is 0 Å². The maximum absolute atomic E-state index is 3.89. The molecule has 0 radical (unpaired) electrons. The molecular formula is C40H82Zn. The van der Waals surface area contributed by atoms with Crippen molar-refractivity contribution < 1.29 is 19.5 Å². The van der Waals surface area contributed by atoms with Crippen LogP contribution in [0.1, 0.15) is 245 Å².